The number of piperidine rings is 1. The second kappa shape index (κ2) is 8.05. The minimum atomic E-state index is -0.297. The summed E-state index contributed by atoms with van der Waals surface area (Å²) in [5.41, 5.74) is 1.03. The Morgan fingerprint density at radius 1 is 1.21 bits per heavy atom. The van der Waals surface area contributed by atoms with Crippen LogP contribution in [0.15, 0.2) is 30.3 Å². The minimum Gasteiger partial charge on any atom is -0.489 e. The number of hydrogen-bond donors (Lipinski definition) is 1. The maximum absolute atomic E-state index is 14.1. The number of halogens is 3. The number of hydrogen-bond acceptors (Lipinski definition) is 4. The summed E-state index contributed by atoms with van der Waals surface area (Å²) in [7, 11) is 0. The van der Waals surface area contributed by atoms with Gasteiger partial charge in [-0.15, -0.1) is 0 Å². The van der Waals surface area contributed by atoms with E-state index in [1.807, 2.05) is 4.90 Å². The Labute approximate surface area is 172 Å². The third kappa shape index (κ3) is 3.98. The third-order valence-corrected chi connectivity index (χ3v) is 5.57. The molecule has 1 fully saturated rings. The van der Waals surface area contributed by atoms with Crippen molar-refractivity contribution in [2.24, 2.45) is 5.92 Å². The number of amides is 1. The molecular formula is C20H19Cl2FN2O3. The first kappa shape index (κ1) is 19.2. The molecule has 148 valence electrons. The summed E-state index contributed by atoms with van der Waals surface area (Å²) in [5, 5.41) is 3.52. The van der Waals surface area contributed by atoms with Crippen molar-refractivity contribution in [3.8, 4) is 11.5 Å². The van der Waals surface area contributed by atoms with Crippen LogP contribution in [0.4, 0.5) is 15.8 Å². The Morgan fingerprint density at radius 3 is 2.75 bits per heavy atom. The summed E-state index contributed by atoms with van der Waals surface area (Å²) in [6.07, 6.45) is 1.77. The number of fused-ring (bicyclic) bond motifs is 1. The van der Waals surface area contributed by atoms with Gasteiger partial charge in [-0.1, -0.05) is 23.2 Å². The van der Waals surface area contributed by atoms with Crippen LogP contribution in [0.1, 0.15) is 12.8 Å². The molecule has 0 spiro atoms. The van der Waals surface area contributed by atoms with E-state index in [2.05, 4.69) is 5.32 Å². The van der Waals surface area contributed by atoms with Crippen molar-refractivity contribution < 1.29 is 18.7 Å². The molecule has 28 heavy (non-hydrogen) atoms. The van der Waals surface area contributed by atoms with Gasteiger partial charge in [0, 0.05) is 18.1 Å². The lowest BCUT2D eigenvalue weighted by Gasteiger charge is -2.34. The van der Waals surface area contributed by atoms with Crippen LogP contribution in [0.2, 0.25) is 10.0 Å². The van der Waals surface area contributed by atoms with Gasteiger partial charge in [0.15, 0.2) is 18.1 Å². The van der Waals surface area contributed by atoms with Crippen molar-refractivity contribution in [2.45, 2.75) is 12.8 Å². The van der Waals surface area contributed by atoms with Crippen molar-refractivity contribution in [1.29, 1.82) is 0 Å². The molecule has 0 bridgehead atoms. The Balaban J connectivity index is 1.36. The molecular weight excluding hydrogens is 406 g/mol. The van der Waals surface area contributed by atoms with Crippen LogP contribution in [0.25, 0.3) is 0 Å². The molecule has 8 heteroatoms. The fourth-order valence-electron chi connectivity index (χ4n) is 3.51. The molecule has 0 unspecified atom stereocenters. The highest BCUT2D eigenvalue weighted by atomic mass is 35.5. The van der Waals surface area contributed by atoms with Gasteiger partial charge in [0.2, 0.25) is 0 Å². The first-order valence-electron chi connectivity index (χ1n) is 9.09. The highest BCUT2D eigenvalue weighted by molar-refractivity contribution is 6.34. The van der Waals surface area contributed by atoms with E-state index in [0.29, 0.717) is 45.4 Å². The first-order chi connectivity index (χ1) is 13.5. The number of carbonyl (C=O) groups is 1. The quantitative estimate of drug-likeness (QED) is 0.768. The third-order valence-electron chi connectivity index (χ3n) is 5.02. The van der Waals surface area contributed by atoms with Gasteiger partial charge in [0.25, 0.3) is 5.91 Å². The van der Waals surface area contributed by atoms with Gasteiger partial charge >= 0.3 is 0 Å². The van der Waals surface area contributed by atoms with Gasteiger partial charge < -0.3 is 19.7 Å². The van der Waals surface area contributed by atoms with E-state index < -0.39 is 0 Å². The lowest BCUT2D eigenvalue weighted by Crippen LogP contribution is -2.36. The van der Waals surface area contributed by atoms with Crippen LogP contribution < -0.4 is 19.7 Å². The van der Waals surface area contributed by atoms with E-state index in [0.717, 1.165) is 25.9 Å². The van der Waals surface area contributed by atoms with Gasteiger partial charge in [0.05, 0.1) is 17.3 Å². The number of nitrogens with zero attached hydrogens (tertiary/aromatic N) is 1. The normalized spacial score (nSPS) is 17.0. The Bertz CT molecular complexity index is 901. The van der Waals surface area contributed by atoms with Crippen LogP contribution in [-0.2, 0) is 4.79 Å². The minimum absolute atomic E-state index is 0.0608. The molecule has 2 aromatic rings. The second-order valence-electron chi connectivity index (χ2n) is 6.92. The van der Waals surface area contributed by atoms with Gasteiger partial charge in [-0.2, -0.15) is 0 Å². The number of anilines is 2. The summed E-state index contributed by atoms with van der Waals surface area (Å²) < 4.78 is 25.6. The molecule has 0 aliphatic carbocycles. The fraction of sp³-hybridized carbons (Fsp3) is 0.350. The van der Waals surface area contributed by atoms with Crippen LogP contribution >= 0.6 is 23.2 Å². The van der Waals surface area contributed by atoms with E-state index >= 15 is 0 Å². The van der Waals surface area contributed by atoms with E-state index in [1.165, 1.54) is 6.07 Å². The number of nitrogens with one attached hydrogen (secondary N) is 1. The van der Waals surface area contributed by atoms with E-state index in [-0.39, 0.29) is 18.3 Å². The maximum Gasteiger partial charge on any atom is 0.262 e. The van der Waals surface area contributed by atoms with Gasteiger partial charge in [-0.3, -0.25) is 4.79 Å². The number of carbonyl (C=O) groups excluding carboxylic acids is 1. The Morgan fingerprint density at radius 2 is 2.00 bits per heavy atom. The van der Waals surface area contributed by atoms with Gasteiger partial charge in [-0.05, 0) is 49.1 Å². The molecule has 0 aromatic heterocycles. The molecule has 0 saturated carbocycles. The number of rotatable bonds is 4. The lowest BCUT2D eigenvalue weighted by molar-refractivity contribution is -0.118. The smallest absolute Gasteiger partial charge is 0.262 e. The zero-order valence-corrected chi connectivity index (χ0v) is 16.5. The van der Waals surface area contributed by atoms with Crippen molar-refractivity contribution in [3.63, 3.8) is 0 Å². The number of benzene rings is 2. The average Bonchev–Trinajstić information content (AvgIpc) is 2.68. The monoisotopic (exact) mass is 424 g/mol. The highest BCUT2D eigenvalue weighted by Crippen LogP contribution is 2.42. The largest absolute Gasteiger partial charge is 0.489 e. The van der Waals surface area contributed by atoms with Crippen molar-refractivity contribution in [2.75, 3.05) is 36.5 Å². The molecule has 2 aliphatic heterocycles. The zero-order valence-electron chi connectivity index (χ0n) is 15.0. The molecule has 1 amide bonds. The number of ether oxygens (including phenoxy) is 2. The van der Waals surface area contributed by atoms with E-state index in [4.69, 9.17) is 32.7 Å². The predicted octanol–water partition coefficient (Wildman–Crippen LogP) is 4.76. The van der Waals surface area contributed by atoms with E-state index in [1.54, 1.807) is 24.3 Å². The molecule has 5 nitrogen and oxygen atoms in total. The SMILES string of the molecule is O=C1COc2c(OCC3CCN(c4ccc(Cl)cc4F)CC3)ccc(Cl)c2N1. The summed E-state index contributed by atoms with van der Waals surface area (Å²) >= 11 is 12.0. The topological polar surface area (TPSA) is 50.8 Å². The van der Waals surface area contributed by atoms with Crippen molar-refractivity contribution in [3.05, 3.63) is 46.2 Å². The van der Waals surface area contributed by atoms with Crippen LogP contribution in [0.3, 0.4) is 0 Å². The summed E-state index contributed by atoms with van der Waals surface area (Å²) in [6.45, 7) is 1.95. The second-order valence-corrected chi connectivity index (χ2v) is 7.77. The first-order valence-corrected chi connectivity index (χ1v) is 9.85. The zero-order chi connectivity index (χ0) is 19.7. The molecule has 2 aromatic carbocycles. The molecule has 4 rings (SSSR count). The standard InChI is InChI=1S/C20H19Cl2FN2O3/c21-13-1-3-16(15(23)9-13)25-7-5-12(6-8-25)10-27-17-4-2-14(22)19-20(17)28-11-18(26)24-19/h1-4,9,12H,5-8,10-11H2,(H,24,26). The van der Waals surface area contributed by atoms with Crippen LogP contribution in [0.5, 0.6) is 11.5 Å². The van der Waals surface area contributed by atoms with Crippen LogP contribution in [-0.4, -0.2) is 32.2 Å². The lowest BCUT2D eigenvalue weighted by atomic mass is 9.97. The molecule has 0 atom stereocenters. The summed E-state index contributed by atoms with van der Waals surface area (Å²) in [5.74, 6) is 0.831. The van der Waals surface area contributed by atoms with Crippen molar-refractivity contribution in [1.82, 2.24) is 0 Å². The van der Waals surface area contributed by atoms with Gasteiger partial charge in [-0.25, -0.2) is 4.39 Å². The summed E-state index contributed by atoms with van der Waals surface area (Å²) in [6, 6.07) is 8.19. The molecule has 2 heterocycles. The van der Waals surface area contributed by atoms with Gasteiger partial charge in [0.1, 0.15) is 11.5 Å². The van der Waals surface area contributed by atoms with E-state index in [9.17, 15) is 9.18 Å². The van der Waals surface area contributed by atoms with Crippen LogP contribution in [0, 0.1) is 11.7 Å². The van der Waals surface area contributed by atoms with Crippen molar-refractivity contribution >= 4 is 40.5 Å². The molecule has 1 N–H and O–H groups in total. The summed E-state index contributed by atoms with van der Waals surface area (Å²) in [4.78, 5) is 13.5. The maximum atomic E-state index is 14.1. The molecule has 2 aliphatic rings. The Kier molecular flexibility index (Phi) is 5.51. The fourth-order valence-corrected chi connectivity index (χ4v) is 3.87. The predicted molar refractivity (Wildman–Crippen MR) is 107 cm³/mol. The Hall–Kier alpha value is -2.18. The molecule has 1 saturated heterocycles. The highest BCUT2D eigenvalue weighted by Gasteiger charge is 2.25. The molecule has 0 radical (unpaired) electrons. The average molecular weight is 425 g/mol.